The Labute approximate surface area is 183 Å². The fraction of sp³-hybridized carbons (Fsp3) is 0.462. The minimum Gasteiger partial charge on any atom is -0.300 e. The summed E-state index contributed by atoms with van der Waals surface area (Å²) < 4.78 is 0. The van der Waals surface area contributed by atoms with E-state index in [0.29, 0.717) is 29.1 Å². The van der Waals surface area contributed by atoms with Crippen LogP contribution in [0.3, 0.4) is 0 Å². The van der Waals surface area contributed by atoms with Crippen LogP contribution in [-0.2, 0) is 10.2 Å². The van der Waals surface area contributed by atoms with Crippen LogP contribution < -0.4 is 0 Å². The maximum atomic E-state index is 13.9. The number of halogens is 1. The van der Waals surface area contributed by atoms with Gasteiger partial charge < -0.3 is 0 Å². The van der Waals surface area contributed by atoms with Gasteiger partial charge in [-0.15, -0.1) is 0 Å². The zero-order valence-corrected chi connectivity index (χ0v) is 18.1. The molecule has 0 aromatic heterocycles. The summed E-state index contributed by atoms with van der Waals surface area (Å²) in [6, 6.07) is 16.3. The first-order valence-electron chi connectivity index (χ1n) is 11.3. The molecule has 1 unspecified atom stereocenters. The van der Waals surface area contributed by atoms with Crippen LogP contribution in [0.2, 0.25) is 5.02 Å². The molecule has 30 heavy (non-hydrogen) atoms. The van der Waals surface area contributed by atoms with E-state index in [9.17, 15) is 4.79 Å². The van der Waals surface area contributed by atoms with Crippen LogP contribution in [0, 0.1) is 17.2 Å². The fourth-order valence-corrected chi connectivity index (χ4v) is 5.81. The molecule has 2 aromatic carbocycles. The third-order valence-electron chi connectivity index (χ3n) is 7.37. The van der Waals surface area contributed by atoms with E-state index >= 15 is 0 Å². The van der Waals surface area contributed by atoms with E-state index in [0.717, 1.165) is 36.1 Å². The van der Waals surface area contributed by atoms with Gasteiger partial charge in [-0.1, -0.05) is 67.3 Å². The lowest BCUT2D eigenvalue weighted by Gasteiger charge is -2.30. The Balaban J connectivity index is 1.49. The fourth-order valence-electron chi connectivity index (χ4n) is 5.62. The summed E-state index contributed by atoms with van der Waals surface area (Å²) in [5, 5.41) is 9.43. The summed E-state index contributed by atoms with van der Waals surface area (Å²) in [5.41, 5.74) is 2.67. The molecule has 1 atom stereocenters. The van der Waals surface area contributed by atoms with Gasteiger partial charge in [-0.25, -0.2) is 0 Å². The van der Waals surface area contributed by atoms with Crippen LogP contribution in [0.4, 0.5) is 0 Å². The first-order valence-corrected chi connectivity index (χ1v) is 11.7. The summed E-state index contributed by atoms with van der Waals surface area (Å²) in [4.78, 5) is 15.7. The van der Waals surface area contributed by atoms with E-state index in [1.807, 2.05) is 23.1 Å². The molecule has 1 heterocycles. The summed E-state index contributed by atoms with van der Waals surface area (Å²) >= 11 is 6.21. The Kier molecular flexibility index (Phi) is 5.18. The molecule has 0 spiro atoms. The van der Waals surface area contributed by atoms with Gasteiger partial charge in [0, 0.05) is 18.0 Å². The molecule has 3 nitrogen and oxygen atoms in total. The Hall–Kier alpha value is -2.13. The van der Waals surface area contributed by atoms with Crippen LogP contribution in [0.5, 0.6) is 0 Å². The van der Waals surface area contributed by atoms with Crippen LogP contribution in [0.15, 0.2) is 48.5 Å². The maximum absolute atomic E-state index is 13.9. The number of nitrogens with one attached hydrogen (secondary N) is 1. The zero-order chi connectivity index (χ0) is 20.7. The Morgan fingerprint density at radius 2 is 1.67 bits per heavy atom. The van der Waals surface area contributed by atoms with Gasteiger partial charge in [-0.05, 0) is 66.3 Å². The van der Waals surface area contributed by atoms with Crippen LogP contribution in [0.25, 0.3) is 11.1 Å². The molecule has 3 aliphatic rings. The molecule has 0 radical (unpaired) electrons. The number of carbonyl (C=O) groups excluding carboxylic acids is 1. The number of amidine groups is 1. The Bertz CT molecular complexity index is 977. The molecule has 5 rings (SSSR count). The number of amides is 1. The number of carbonyl (C=O) groups is 1. The summed E-state index contributed by atoms with van der Waals surface area (Å²) in [7, 11) is 0. The van der Waals surface area contributed by atoms with Crippen molar-refractivity contribution in [2.24, 2.45) is 11.8 Å². The van der Waals surface area contributed by atoms with E-state index in [4.69, 9.17) is 17.0 Å². The lowest BCUT2D eigenvalue weighted by molar-refractivity contribution is -0.132. The van der Waals surface area contributed by atoms with E-state index in [2.05, 4.69) is 30.3 Å². The zero-order valence-electron chi connectivity index (χ0n) is 17.4. The molecule has 1 amide bonds. The molecular formula is C26H29ClN2O. The van der Waals surface area contributed by atoms with Crippen LogP contribution in [0.1, 0.15) is 56.9 Å². The summed E-state index contributed by atoms with van der Waals surface area (Å²) in [6.07, 6.45) is 8.92. The first-order chi connectivity index (χ1) is 14.6. The predicted octanol–water partition coefficient (Wildman–Crippen LogP) is 6.44. The van der Waals surface area contributed by atoms with Crippen LogP contribution in [-0.4, -0.2) is 23.2 Å². The maximum Gasteiger partial charge on any atom is 0.239 e. The van der Waals surface area contributed by atoms with Crippen molar-refractivity contribution < 1.29 is 4.79 Å². The highest BCUT2D eigenvalue weighted by molar-refractivity contribution is 6.30. The predicted molar refractivity (Wildman–Crippen MR) is 122 cm³/mol. The topological polar surface area (TPSA) is 44.2 Å². The normalized spacial score (nSPS) is 25.2. The quantitative estimate of drug-likeness (QED) is 0.593. The summed E-state index contributed by atoms with van der Waals surface area (Å²) in [6.45, 7) is 0.736. The molecule has 2 aromatic rings. The van der Waals surface area contributed by atoms with Crippen molar-refractivity contribution >= 4 is 23.3 Å². The van der Waals surface area contributed by atoms with Crippen molar-refractivity contribution in [1.82, 2.24) is 4.90 Å². The van der Waals surface area contributed by atoms with Gasteiger partial charge in [-0.2, -0.15) is 0 Å². The summed E-state index contributed by atoms with van der Waals surface area (Å²) in [5.74, 6) is 1.60. The molecule has 2 aliphatic carbocycles. The molecular weight excluding hydrogens is 392 g/mol. The second-order valence-electron chi connectivity index (χ2n) is 9.38. The minimum atomic E-state index is -0.555. The lowest BCUT2D eigenvalue weighted by Crippen LogP contribution is -2.42. The molecule has 1 saturated heterocycles. The standard InChI is InChI=1S/C26H29ClN2O/c27-23-11-5-9-20(15-23)19-8-4-10-22(14-19)26(21-12-13-21)16-24(28)29(25(26)30)17-18-6-2-1-3-7-18/h4-5,8-11,14-15,18,21,28H,1-3,6-7,12-13,16-17H2. The molecule has 4 heteroatoms. The van der Waals surface area contributed by atoms with Crippen LogP contribution >= 0.6 is 11.6 Å². The van der Waals surface area contributed by atoms with Gasteiger partial charge in [0.2, 0.25) is 5.91 Å². The first kappa shape index (κ1) is 19.8. The molecule has 156 valence electrons. The largest absolute Gasteiger partial charge is 0.300 e. The average molecular weight is 421 g/mol. The number of rotatable bonds is 5. The van der Waals surface area contributed by atoms with Crippen molar-refractivity contribution in [3.8, 4) is 11.1 Å². The molecule has 0 bridgehead atoms. The Morgan fingerprint density at radius 3 is 2.37 bits per heavy atom. The third kappa shape index (κ3) is 3.47. The van der Waals surface area contributed by atoms with Crippen molar-refractivity contribution in [1.29, 1.82) is 5.41 Å². The molecule has 1 N–H and O–H groups in total. The number of nitrogens with zero attached hydrogens (tertiary/aromatic N) is 1. The van der Waals surface area contributed by atoms with Gasteiger partial charge in [-0.3, -0.25) is 15.1 Å². The van der Waals surface area contributed by atoms with Gasteiger partial charge in [0.05, 0.1) is 5.41 Å². The number of hydrogen-bond acceptors (Lipinski definition) is 2. The van der Waals surface area contributed by atoms with Gasteiger partial charge >= 0.3 is 0 Å². The molecule has 2 saturated carbocycles. The van der Waals surface area contributed by atoms with E-state index < -0.39 is 5.41 Å². The lowest BCUT2D eigenvalue weighted by atomic mass is 9.73. The highest BCUT2D eigenvalue weighted by atomic mass is 35.5. The second-order valence-corrected chi connectivity index (χ2v) is 9.82. The Morgan fingerprint density at radius 1 is 0.967 bits per heavy atom. The SMILES string of the molecule is N=C1CC(c2cccc(-c3cccc(Cl)c3)c2)(C2CC2)C(=O)N1CC1CCCCC1. The van der Waals surface area contributed by atoms with Crippen molar-refractivity contribution in [2.45, 2.75) is 56.8 Å². The molecule has 3 fully saturated rings. The minimum absolute atomic E-state index is 0.170. The van der Waals surface area contributed by atoms with Crippen molar-refractivity contribution in [3.63, 3.8) is 0 Å². The second kappa shape index (κ2) is 7.85. The van der Waals surface area contributed by atoms with Crippen molar-refractivity contribution in [2.75, 3.05) is 6.54 Å². The average Bonchev–Trinajstić information content (AvgIpc) is 3.58. The van der Waals surface area contributed by atoms with Gasteiger partial charge in [0.25, 0.3) is 0 Å². The highest BCUT2D eigenvalue weighted by Gasteiger charge is 2.58. The third-order valence-corrected chi connectivity index (χ3v) is 7.61. The van der Waals surface area contributed by atoms with E-state index in [1.54, 1.807) is 0 Å². The van der Waals surface area contributed by atoms with E-state index in [1.165, 1.54) is 32.1 Å². The number of benzene rings is 2. The molecule has 1 aliphatic heterocycles. The number of hydrogen-bond donors (Lipinski definition) is 1. The van der Waals surface area contributed by atoms with Crippen molar-refractivity contribution in [3.05, 3.63) is 59.1 Å². The van der Waals surface area contributed by atoms with E-state index in [-0.39, 0.29) is 5.91 Å². The van der Waals surface area contributed by atoms with Gasteiger partial charge in [0.1, 0.15) is 5.84 Å². The highest BCUT2D eigenvalue weighted by Crippen LogP contribution is 2.54. The smallest absolute Gasteiger partial charge is 0.239 e. The monoisotopic (exact) mass is 420 g/mol. The number of likely N-dealkylation sites (tertiary alicyclic amines) is 1. The van der Waals surface area contributed by atoms with Gasteiger partial charge in [0.15, 0.2) is 0 Å².